The van der Waals surface area contributed by atoms with Gasteiger partial charge in [-0.2, -0.15) is 0 Å². The van der Waals surface area contributed by atoms with Gasteiger partial charge in [0.05, 0.1) is 12.2 Å². The number of benzene rings is 3. The van der Waals surface area contributed by atoms with Crippen molar-refractivity contribution in [2.24, 2.45) is 0 Å². The molecule has 0 aliphatic rings. The summed E-state index contributed by atoms with van der Waals surface area (Å²) < 4.78 is 56.9. The molecule has 0 aliphatic carbocycles. The second kappa shape index (κ2) is 9.41. The molecular weight excluding hydrogens is 415 g/mol. The Bertz CT molecular complexity index is 1020. The maximum atomic E-state index is 14.0. The van der Waals surface area contributed by atoms with Gasteiger partial charge in [-0.25, -0.2) is 18.1 Å². The van der Waals surface area contributed by atoms with Gasteiger partial charge in [0.25, 0.3) is 0 Å². The first-order valence-corrected chi connectivity index (χ1v) is 10.5. The highest BCUT2D eigenvalue weighted by Crippen LogP contribution is 2.49. The Hall–Kier alpha value is -3.38. The number of ether oxygens (including phenoxy) is 1. The summed E-state index contributed by atoms with van der Waals surface area (Å²) in [6, 6.07) is 16.4. The molecule has 0 amide bonds. The van der Waals surface area contributed by atoms with Crippen molar-refractivity contribution >= 4 is 19.4 Å². The van der Waals surface area contributed by atoms with Crippen LogP contribution in [-0.4, -0.2) is 12.6 Å². The van der Waals surface area contributed by atoms with Gasteiger partial charge < -0.3 is 13.8 Å². The summed E-state index contributed by atoms with van der Waals surface area (Å²) in [4.78, 5) is 11.8. The molecule has 0 heterocycles. The van der Waals surface area contributed by atoms with Crippen LogP contribution in [0.2, 0.25) is 0 Å². The number of carbonyl (C=O) groups is 1. The summed E-state index contributed by atoms with van der Waals surface area (Å²) in [7, 11) is -4.34. The molecule has 0 saturated carbocycles. The van der Waals surface area contributed by atoms with Crippen LogP contribution in [0.5, 0.6) is 11.5 Å². The van der Waals surface area contributed by atoms with Crippen LogP contribution in [0.1, 0.15) is 17.3 Å². The Morgan fingerprint density at radius 2 is 1.37 bits per heavy atom. The Labute approximate surface area is 172 Å². The highest BCUT2D eigenvalue weighted by atomic mass is 31.2. The Morgan fingerprint density at radius 1 is 0.867 bits per heavy atom. The molecule has 1 N–H and O–H groups in total. The van der Waals surface area contributed by atoms with E-state index in [2.05, 4.69) is 5.09 Å². The summed E-state index contributed by atoms with van der Waals surface area (Å²) in [6.07, 6.45) is 0. The number of hydrogen-bond acceptors (Lipinski definition) is 5. The third-order valence-corrected chi connectivity index (χ3v) is 5.18. The summed E-state index contributed by atoms with van der Waals surface area (Å²) >= 11 is 0. The third kappa shape index (κ3) is 5.36. The highest BCUT2D eigenvalue weighted by molar-refractivity contribution is 7.56. The predicted molar refractivity (Wildman–Crippen MR) is 108 cm³/mol. The van der Waals surface area contributed by atoms with Crippen molar-refractivity contribution in [1.82, 2.24) is 0 Å². The van der Waals surface area contributed by atoms with Crippen molar-refractivity contribution in [2.75, 3.05) is 11.7 Å². The molecule has 0 aromatic heterocycles. The minimum absolute atomic E-state index is 0.223. The van der Waals surface area contributed by atoms with Gasteiger partial charge in [0.15, 0.2) is 23.1 Å². The molecule has 30 heavy (non-hydrogen) atoms. The number of halogens is 2. The molecule has 3 aromatic rings. The fourth-order valence-corrected chi connectivity index (χ4v) is 3.82. The van der Waals surface area contributed by atoms with Crippen LogP contribution in [0, 0.1) is 11.6 Å². The predicted octanol–water partition coefficient (Wildman–Crippen LogP) is 5.82. The molecule has 0 fully saturated rings. The lowest BCUT2D eigenvalue weighted by atomic mass is 10.2. The van der Waals surface area contributed by atoms with Gasteiger partial charge in [-0.1, -0.05) is 24.3 Å². The summed E-state index contributed by atoms with van der Waals surface area (Å²) in [5.41, 5.74) is 0.515. The maximum Gasteiger partial charge on any atom is 0.541 e. The summed E-state index contributed by atoms with van der Waals surface area (Å²) in [5, 5.41) is 2.53. The number of anilines is 1. The topological polar surface area (TPSA) is 73.9 Å². The molecule has 3 aromatic carbocycles. The van der Waals surface area contributed by atoms with Gasteiger partial charge in [-0.3, -0.25) is 5.09 Å². The van der Waals surface area contributed by atoms with Crippen LogP contribution in [0.25, 0.3) is 0 Å². The number of esters is 1. The molecule has 3 rings (SSSR count). The minimum atomic E-state index is -4.34. The second-order valence-electron chi connectivity index (χ2n) is 5.95. The highest BCUT2D eigenvalue weighted by Gasteiger charge is 2.31. The zero-order valence-electron chi connectivity index (χ0n) is 15.9. The van der Waals surface area contributed by atoms with E-state index in [9.17, 15) is 18.1 Å². The van der Waals surface area contributed by atoms with Crippen LogP contribution in [0.15, 0.2) is 72.8 Å². The van der Waals surface area contributed by atoms with Gasteiger partial charge >= 0.3 is 13.7 Å². The van der Waals surface area contributed by atoms with Crippen LogP contribution >= 0.6 is 7.75 Å². The van der Waals surface area contributed by atoms with Crippen molar-refractivity contribution in [1.29, 1.82) is 0 Å². The lowest BCUT2D eigenvalue weighted by Gasteiger charge is -2.21. The molecule has 0 unspecified atom stereocenters. The van der Waals surface area contributed by atoms with Crippen molar-refractivity contribution in [3.8, 4) is 11.5 Å². The second-order valence-corrected chi connectivity index (χ2v) is 7.53. The van der Waals surface area contributed by atoms with Crippen LogP contribution in [0.4, 0.5) is 14.5 Å². The van der Waals surface area contributed by atoms with E-state index in [1.165, 1.54) is 60.7 Å². The quantitative estimate of drug-likeness (QED) is 0.357. The number of nitrogens with one attached hydrogen (secondary N) is 1. The Morgan fingerprint density at radius 3 is 1.83 bits per heavy atom. The summed E-state index contributed by atoms with van der Waals surface area (Å²) in [6.45, 7) is 1.91. The fraction of sp³-hybridized carbons (Fsp3) is 0.0952. The summed E-state index contributed by atoms with van der Waals surface area (Å²) in [5.74, 6) is -2.73. The monoisotopic (exact) mass is 433 g/mol. The molecule has 0 bridgehead atoms. The average molecular weight is 433 g/mol. The first kappa shape index (κ1) is 21.3. The van der Waals surface area contributed by atoms with Crippen molar-refractivity contribution < 1.29 is 31.9 Å². The van der Waals surface area contributed by atoms with Crippen molar-refractivity contribution in [2.45, 2.75) is 6.92 Å². The molecule has 0 aliphatic heterocycles. The van der Waals surface area contributed by atoms with E-state index < -0.39 is 25.4 Å². The standard InChI is InChI=1S/C21H18F2NO5P/c1-2-27-21(25)15-11-13-16(14-12-15)24-30(26,28-19-9-5-3-7-17(19)22)29-20-10-6-4-8-18(20)23/h3-14H,2H2,1H3,(H,24,26). The molecule has 0 atom stereocenters. The smallest absolute Gasteiger partial charge is 0.462 e. The van der Waals surface area contributed by atoms with E-state index in [1.54, 1.807) is 6.92 Å². The SMILES string of the molecule is CCOC(=O)c1ccc(NP(=O)(Oc2ccccc2F)Oc2ccccc2F)cc1. The van der Waals surface area contributed by atoms with Crippen molar-refractivity contribution in [3.05, 3.63) is 90.0 Å². The van der Waals surface area contributed by atoms with Gasteiger partial charge in [-0.15, -0.1) is 0 Å². The van der Waals surface area contributed by atoms with Gasteiger partial charge in [0.1, 0.15) is 0 Å². The minimum Gasteiger partial charge on any atom is -0.462 e. The molecule has 0 radical (unpaired) electrons. The molecule has 9 heteroatoms. The van der Waals surface area contributed by atoms with E-state index in [0.717, 1.165) is 12.1 Å². The van der Waals surface area contributed by atoms with Gasteiger partial charge in [0, 0.05) is 5.69 Å². The van der Waals surface area contributed by atoms with Gasteiger partial charge in [0.2, 0.25) is 0 Å². The molecule has 156 valence electrons. The van der Waals surface area contributed by atoms with Gasteiger partial charge in [-0.05, 0) is 55.5 Å². The average Bonchev–Trinajstić information content (AvgIpc) is 2.72. The zero-order chi connectivity index (χ0) is 21.6. The fourth-order valence-electron chi connectivity index (χ4n) is 2.41. The molecular formula is C21H18F2NO5P. The Kier molecular flexibility index (Phi) is 6.69. The lowest BCUT2D eigenvalue weighted by Crippen LogP contribution is -2.11. The normalized spacial score (nSPS) is 10.9. The molecule has 6 nitrogen and oxygen atoms in total. The first-order chi connectivity index (χ1) is 14.4. The number of carbonyl (C=O) groups excluding carboxylic acids is 1. The number of hydrogen-bond donors (Lipinski definition) is 1. The lowest BCUT2D eigenvalue weighted by molar-refractivity contribution is 0.0526. The van der Waals surface area contributed by atoms with E-state index in [4.69, 9.17) is 13.8 Å². The van der Waals surface area contributed by atoms with Crippen molar-refractivity contribution in [3.63, 3.8) is 0 Å². The van der Waals surface area contributed by atoms with E-state index in [1.807, 2.05) is 0 Å². The number of para-hydroxylation sites is 2. The third-order valence-electron chi connectivity index (χ3n) is 3.77. The van der Waals surface area contributed by atoms with Crippen LogP contribution in [0.3, 0.4) is 0 Å². The van der Waals surface area contributed by atoms with Crippen LogP contribution < -0.4 is 14.1 Å². The van der Waals surface area contributed by atoms with E-state index in [-0.39, 0.29) is 29.4 Å². The molecule has 0 saturated heterocycles. The van der Waals surface area contributed by atoms with Crippen LogP contribution in [-0.2, 0) is 9.30 Å². The van der Waals surface area contributed by atoms with E-state index in [0.29, 0.717) is 0 Å². The van der Waals surface area contributed by atoms with E-state index >= 15 is 0 Å². The first-order valence-electron chi connectivity index (χ1n) is 8.94. The molecule has 0 spiro atoms. The Balaban J connectivity index is 1.89. The zero-order valence-corrected chi connectivity index (χ0v) is 16.8. The largest absolute Gasteiger partial charge is 0.541 e. The maximum absolute atomic E-state index is 14.0. The number of rotatable bonds is 8.